The van der Waals surface area contributed by atoms with E-state index >= 15 is 0 Å². The highest BCUT2D eigenvalue weighted by Gasteiger charge is 2.21. The molecule has 0 radical (unpaired) electrons. The van der Waals surface area contributed by atoms with Crippen LogP contribution in [-0.2, 0) is 0 Å². The third-order valence-electron chi connectivity index (χ3n) is 8.64. The first-order valence-corrected chi connectivity index (χ1v) is 15.2. The van der Waals surface area contributed by atoms with Gasteiger partial charge in [-0.15, -0.1) is 0 Å². The van der Waals surface area contributed by atoms with Crippen LogP contribution in [0.2, 0.25) is 0 Å². The van der Waals surface area contributed by atoms with Crippen LogP contribution in [-0.4, -0.2) is 0 Å². The molecule has 236 valence electrons. The van der Waals surface area contributed by atoms with E-state index in [-0.39, 0.29) is 0 Å². The molecule has 0 aliphatic carbocycles. The van der Waals surface area contributed by atoms with Gasteiger partial charge in [-0.1, -0.05) is 163 Å². The summed E-state index contributed by atoms with van der Waals surface area (Å²) in [5.74, 6) is 0. The highest BCUT2D eigenvalue weighted by Crippen LogP contribution is 2.48. The Morgan fingerprint density at radius 1 is 0.314 bits per heavy atom. The van der Waals surface area contributed by atoms with E-state index in [2.05, 4.69) is 0 Å². The van der Waals surface area contributed by atoms with Crippen molar-refractivity contribution in [3.05, 3.63) is 181 Å². The normalized spacial score (nSPS) is 20.2. The molecule has 11 rings (SSSR count). The van der Waals surface area contributed by atoms with E-state index in [0.29, 0.717) is 0 Å². The SMILES string of the molecule is [2H]c1c([2H])c(-c2c([2H])c([2H])c(-c3c4c([2H])c([2H])c([2H])c([2H])c4c(-c4c([2H])c([2H])c5c([2H])c([2H])c([2H])c([2H])c5c4[2H])c4c([2H])c([2H])c([2H])c([2H])c34)c3c([2H])c([2H])c([2H])c([2H])c23)c2c(oc3c([2H])c([2H])c4c([2H])c([2H])c([2H])c([2H])c4c32)c1[2H]. The number of rotatable bonds is 3. The molecule has 0 N–H and O–H groups in total. The van der Waals surface area contributed by atoms with Gasteiger partial charge in [-0.25, -0.2) is 0 Å². The fourth-order valence-electron chi connectivity index (χ4n) is 6.54. The van der Waals surface area contributed by atoms with Crippen molar-refractivity contribution < 1.29 is 45.5 Å². The first-order valence-electron chi connectivity index (χ1n) is 30.2. The van der Waals surface area contributed by atoms with Crippen LogP contribution in [0.4, 0.5) is 0 Å². The van der Waals surface area contributed by atoms with Crippen LogP contribution >= 0.6 is 0 Å². The fourth-order valence-corrected chi connectivity index (χ4v) is 6.54. The van der Waals surface area contributed by atoms with Crippen molar-refractivity contribution in [2.24, 2.45) is 0 Å². The summed E-state index contributed by atoms with van der Waals surface area (Å²) in [5, 5.41) is -8.13. The average molecular weight is 677 g/mol. The first kappa shape index (κ1) is 11.7. The Labute approximate surface area is 336 Å². The molecule has 0 fully saturated rings. The van der Waals surface area contributed by atoms with E-state index in [9.17, 15) is 15.1 Å². The minimum absolute atomic E-state index is 0.462. The van der Waals surface area contributed by atoms with E-state index in [1.54, 1.807) is 0 Å². The zero-order valence-electron chi connectivity index (χ0n) is 55.4. The van der Waals surface area contributed by atoms with Gasteiger partial charge in [0, 0.05) is 10.8 Å². The Balaban J connectivity index is 1.46. The lowest BCUT2D eigenvalue weighted by molar-refractivity contribution is 0.669. The monoisotopic (exact) mass is 676 g/mol. The van der Waals surface area contributed by atoms with Crippen molar-refractivity contribution in [2.75, 3.05) is 0 Å². The molecular weight excluding hydrogens is 617 g/mol. The zero-order valence-corrected chi connectivity index (χ0v) is 25.4. The minimum Gasteiger partial charge on any atom is -0.456 e. The van der Waals surface area contributed by atoms with Crippen LogP contribution < -0.4 is 0 Å². The lowest BCUT2D eigenvalue weighted by Gasteiger charge is -2.20. The van der Waals surface area contributed by atoms with Crippen LogP contribution in [0.15, 0.2) is 186 Å². The van der Waals surface area contributed by atoms with Gasteiger partial charge in [0.25, 0.3) is 0 Å². The molecule has 0 bridgehead atoms. The standard InChI is InChI=1S/C50H30O/c1-2-14-33-30-34(25-24-31(33)12-1)47-40-18-7-9-20-42(40)48(43-21-10-8-19-41(43)47)44-28-27-38(36-16-5-6-17-37(36)44)39-22-11-23-45-50(39)49-35-15-4-3-13-32(35)26-29-46(49)51-45/h1-30H/i1D,2D,3D,4D,5D,6D,7D,8D,9D,10D,11D,12D,13D,14D,15D,16D,17D,18D,19D,20D,21D,22D,23D,24D,25D,26D,27D,28D,29D,30D. The van der Waals surface area contributed by atoms with Crippen molar-refractivity contribution in [1.82, 2.24) is 0 Å². The second-order valence-corrected chi connectivity index (χ2v) is 11.3. The average Bonchev–Trinajstić information content (AvgIpc) is 2.45. The summed E-state index contributed by atoms with van der Waals surface area (Å²) in [6.07, 6.45) is 0. The third-order valence-corrected chi connectivity index (χ3v) is 8.64. The topological polar surface area (TPSA) is 13.1 Å². The maximum Gasteiger partial charge on any atom is 0.136 e. The van der Waals surface area contributed by atoms with Gasteiger partial charge in [0.1, 0.15) is 11.2 Å². The van der Waals surface area contributed by atoms with Crippen LogP contribution in [0.25, 0.3) is 109 Å². The van der Waals surface area contributed by atoms with Crippen molar-refractivity contribution in [3.8, 4) is 33.4 Å². The van der Waals surface area contributed by atoms with Gasteiger partial charge in [-0.3, -0.25) is 0 Å². The molecule has 51 heavy (non-hydrogen) atoms. The Bertz CT molecular complexity index is 4850. The van der Waals surface area contributed by atoms with Gasteiger partial charge in [-0.05, 0) is 105 Å². The smallest absolute Gasteiger partial charge is 0.136 e. The van der Waals surface area contributed by atoms with E-state index < -0.39 is 290 Å². The van der Waals surface area contributed by atoms with Gasteiger partial charge >= 0.3 is 0 Å². The molecule has 0 saturated heterocycles. The molecule has 0 atom stereocenters. The Kier molecular flexibility index (Phi) is 2.50. The van der Waals surface area contributed by atoms with E-state index in [0.717, 1.165) is 0 Å². The molecule has 1 aromatic heterocycles. The third kappa shape index (κ3) is 4.16. The van der Waals surface area contributed by atoms with E-state index in [1.165, 1.54) is 0 Å². The Hall–Kier alpha value is -6.70. The fraction of sp³-hybridized carbons (Fsp3) is 0. The van der Waals surface area contributed by atoms with Gasteiger partial charge in [0.05, 0.1) is 41.1 Å². The zero-order chi connectivity index (χ0) is 59.6. The molecule has 10 aromatic carbocycles. The predicted molar refractivity (Wildman–Crippen MR) is 218 cm³/mol. The lowest BCUT2D eigenvalue weighted by atomic mass is 9.83. The number of benzene rings is 10. The van der Waals surface area contributed by atoms with E-state index in [1.807, 2.05) is 0 Å². The number of furan rings is 1. The summed E-state index contributed by atoms with van der Waals surface area (Å²) >= 11 is 0. The van der Waals surface area contributed by atoms with Crippen molar-refractivity contribution in [2.45, 2.75) is 0 Å². The Morgan fingerprint density at radius 2 is 0.843 bits per heavy atom. The molecular formula is C50H30O. The summed E-state index contributed by atoms with van der Waals surface area (Å²) in [6.45, 7) is 0. The van der Waals surface area contributed by atoms with Crippen LogP contribution in [0.3, 0.4) is 0 Å². The lowest BCUT2D eigenvalue weighted by Crippen LogP contribution is -1.92. The van der Waals surface area contributed by atoms with Crippen molar-refractivity contribution >= 4 is 75.8 Å². The van der Waals surface area contributed by atoms with Crippen LogP contribution in [0, 0.1) is 0 Å². The minimum atomic E-state index is -1.15. The van der Waals surface area contributed by atoms with Gasteiger partial charge in [0.2, 0.25) is 0 Å². The summed E-state index contributed by atoms with van der Waals surface area (Å²) in [7, 11) is 0. The Morgan fingerprint density at radius 3 is 1.57 bits per heavy atom. The predicted octanol–water partition coefficient (Wildman–Crippen LogP) is 14.4. The second kappa shape index (κ2) is 10.9. The first-order chi connectivity index (χ1) is 37.8. The van der Waals surface area contributed by atoms with Crippen molar-refractivity contribution in [3.63, 3.8) is 0 Å². The molecule has 0 amide bonds. The molecule has 1 heteroatoms. The molecule has 0 aliphatic heterocycles. The van der Waals surface area contributed by atoms with Gasteiger partial charge < -0.3 is 4.42 Å². The number of hydrogen-bond donors (Lipinski definition) is 0. The quantitative estimate of drug-likeness (QED) is 0.170. The molecule has 1 nitrogen and oxygen atoms in total. The van der Waals surface area contributed by atoms with Gasteiger partial charge in [-0.2, -0.15) is 0 Å². The molecule has 0 saturated carbocycles. The summed E-state index contributed by atoms with van der Waals surface area (Å²) in [6, 6.07) is -28.8. The molecule has 0 spiro atoms. The molecule has 1 heterocycles. The maximum atomic E-state index is 10.1. The maximum absolute atomic E-state index is 10.1. The molecule has 0 aliphatic rings. The highest BCUT2D eigenvalue weighted by atomic mass is 16.3. The second-order valence-electron chi connectivity index (χ2n) is 11.3. The van der Waals surface area contributed by atoms with Crippen LogP contribution in [0.5, 0.6) is 0 Å². The largest absolute Gasteiger partial charge is 0.456 e. The summed E-state index contributed by atoms with van der Waals surface area (Å²) in [5.41, 5.74) is -6.07. The summed E-state index contributed by atoms with van der Waals surface area (Å²) < 4.78 is 280. The number of hydrogen-bond acceptors (Lipinski definition) is 1. The summed E-state index contributed by atoms with van der Waals surface area (Å²) in [4.78, 5) is 0. The van der Waals surface area contributed by atoms with Crippen molar-refractivity contribution in [1.29, 1.82) is 0 Å². The number of fused-ring (bicyclic) bond motifs is 9. The van der Waals surface area contributed by atoms with Crippen LogP contribution in [0.1, 0.15) is 41.1 Å². The van der Waals surface area contributed by atoms with E-state index in [4.69, 9.17) is 30.5 Å². The highest BCUT2D eigenvalue weighted by molar-refractivity contribution is 6.27. The molecule has 11 aromatic rings. The molecule has 0 unspecified atom stereocenters. The van der Waals surface area contributed by atoms with Gasteiger partial charge in [0.15, 0.2) is 0 Å².